The predicted octanol–water partition coefficient (Wildman–Crippen LogP) is 1.15. The number of hydrogen-bond acceptors (Lipinski definition) is 5. The Hall–Kier alpha value is -2.02. The van der Waals surface area contributed by atoms with Crippen LogP contribution in [0.15, 0.2) is 29.2 Å². The van der Waals surface area contributed by atoms with Gasteiger partial charge in [-0.2, -0.15) is 0 Å². The largest absolute Gasteiger partial charge is 0.449 e. The maximum absolute atomic E-state index is 11.9. The molecule has 3 amide bonds. The van der Waals surface area contributed by atoms with Crippen LogP contribution in [0.4, 0.5) is 4.79 Å². The van der Waals surface area contributed by atoms with Crippen LogP contribution < -0.4 is 11.1 Å². The lowest BCUT2D eigenvalue weighted by atomic mass is 10.2. The third kappa shape index (κ3) is 4.29. The lowest BCUT2D eigenvalue weighted by Crippen LogP contribution is -2.42. The third-order valence-corrected chi connectivity index (χ3v) is 3.02. The highest BCUT2D eigenvalue weighted by molar-refractivity contribution is 7.98. The van der Waals surface area contributed by atoms with E-state index in [1.807, 2.05) is 11.6 Å². The van der Waals surface area contributed by atoms with E-state index in [0.29, 0.717) is 5.56 Å². The van der Waals surface area contributed by atoms with Crippen LogP contribution in [0.1, 0.15) is 17.3 Å². The number of benzene rings is 1. The molecule has 0 spiro atoms. The number of nitrogens with two attached hydrogens (primary N) is 1. The molecule has 1 atom stereocenters. The first-order chi connectivity index (χ1) is 8.95. The number of thioether (sulfide) groups is 1. The summed E-state index contributed by atoms with van der Waals surface area (Å²) in [4.78, 5) is 34.5. The number of rotatable bonds is 4. The van der Waals surface area contributed by atoms with E-state index in [9.17, 15) is 14.4 Å². The molecule has 0 saturated heterocycles. The summed E-state index contributed by atoms with van der Waals surface area (Å²) in [5, 5.41) is 1.85. The molecule has 0 aliphatic heterocycles. The Morgan fingerprint density at radius 3 is 2.53 bits per heavy atom. The van der Waals surface area contributed by atoms with Crippen molar-refractivity contribution in [2.45, 2.75) is 17.9 Å². The SMILES string of the molecule is CSc1ccccc1C(=O)OC(C)C(=O)NC(N)=O. The zero-order chi connectivity index (χ0) is 14.4. The van der Waals surface area contributed by atoms with Gasteiger partial charge in [-0.05, 0) is 25.3 Å². The minimum absolute atomic E-state index is 0.369. The molecule has 6 nitrogen and oxygen atoms in total. The minimum Gasteiger partial charge on any atom is -0.449 e. The van der Waals surface area contributed by atoms with Gasteiger partial charge in [0.1, 0.15) is 0 Å². The van der Waals surface area contributed by atoms with Gasteiger partial charge in [-0.1, -0.05) is 12.1 Å². The van der Waals surface area contributed by atoms with E-state index in [1.54, 1.807) is 24.3 Å². The molecule has 3 N–H and O–H groups in total. The van der Waals surface area contributed by atoms with Gasteiger partial charge in [-0.25, -0.2) is 9.59 Å². The molecule has 7 heteroatoms. The maximum atomic E-state index is 11.9. The summed E-state index contributed by atoms with van der Waals surface area (Å²) in [6, 6.07) is 5.89. The topological polar surface area (TPSA) is 98.5 Å². The van der Waals surface area contributed by atoms with E-state index >= 15 is 0 Å². The molecule has 0 saturated carbocycles. The fourth-order valence-electron chi connectivity index (χ4n) is 1.31. The summed E-state index contributed by atoms with van der Waals surface area (Å²) in [6.07, 6.45) is 0.727. The number of hydrogen-bond donors (Lipinski definition) is 2. The second-order valence-electron chi connectivity index (χ2n) is 3.60. The minimum atomic E-state index is -1.10. The number of ether oxygens (including phenoxy) is 1. The Balaban J connectivity index is 2.74. The van der Waals surface area contributed by atoms with Crippen molar-refractivity contribution >= 4 is 29.7 Å². The molecule has 102 valence electrons. The van der Waals surface area contributed by atoms with E-state index in [0.717, 1.165) is 4.90 Å². The van der Waals surface area contributed by atoms with Crippen molar-refractivity contribution in [2.75, 3.05) is 6.26 Å². The predicted molar refractivity (Wildman–Crippen MR) is 70.8 cm³/mol. The van der Waals surface area contributed by atoms with Gasteiger partial charge in [0.2, 0.25) is 0 Å². The van der Waals surface area contributed by atoms with Gasteiger partial charge < -0.3 is 10.5 Å². The van der Waals surface area contributed by atoms with E-state index in [4.69, 9.17) is 10.5 Å². The second kappa shape index (κ2) is 6.79. The summed E-state index contributed by atoms with van der Waals surface area (Å²) in [5.74, 6) is -1.39. The Kier molecular flexibility index (Phi) is 5.37. The molecular formula is C12H14N2O4S. The van der Waals surface area contributed by atoms with Crippen LogP contribution in [0, 0.1) is 0 Å². The molecule has 0 bridgehead atoms. The van der Waals surface area contributed by atoms with Crippen molar-refractivity contribution in [3.8, 4) is 0 Å². The fourth-order valence-corrected chi connectivity index (χ4v) is 1.90. The average molecular weight is 282 g/mol. The van der Waals surface area contributed by atoms with Crippen LogP contribution in [0.2, 0.25) is 0 Å². The standard InChI is InChI=1S/C12H14N2O4S/c1-7(10(15)14-12(13)17)18-11(16)8-5-3-4-6-9(8)19-2/h3-7H,1-2H3,(H3,13,14,15,17). The van der Waals surface area contributed by atoms with Crippen LogP contribution in [0.5, 0.6) is 0 Å². The van der Waals surface area contributed by atoms with Crippen LogP contribution in [-0.2, 0) is 9.53 Å². The zero-order valence-corrected chi connectivity index (χ0v) is 11.3. The Labute approximate surface area is 114 Å². The summed E-state index contributed by atoms with van der Waals surface area (Å²) in [6.45, 7) is 1.36. The molecular weight excluding hydrogens is 268 g/mol. The lowest BCUT2D eigenvalue weighted by molar-refractivity contribution is -0.127. The van der Waals surface area contributed by atoms with Gasteiger partial charge >= 0.3 is 12.0 Å². The van der Waals surface area contributed by atoms with Crippen molar-refractivity contribution in [3.63, 3.8) is 0 Å². The molecule has 0 heterocycles. The smallest absolute Gasteiger partial charge is 0.340 e. The van der Waals surface area contributed by atoms with E-state index < -0.39 is 24.0 Å². The number of urea groups is 1. The highest BCUT2D eigenvalue weighted by Crippen LogP contribution is 2.20. The summed E-state index contributed by atoms with van der Waals surface area (Å²) >= 11 is 1.39. The summed E-state index contributed by atoms with van der Waals surface area (Å²) < 4.78 is 4.97. The van der Waals surface area contributed by atoms with Crippen molar-refractivity contribution in [2.24, 2.45) is 5.73 Å². The first-order valence-corrected chi connectivity index (χ1v) is 6.62. The van der Waals surface area contributed by atoms with Gasteiger partial charge in [0.25, 0.3) is 5.91 Å². The first kappa shape index (κ1) is 15.0. The molecule has 0 aromatic heterocycles. The van der Waals surface area contributed by atoms with Crippen molar-refractivity contribution in [1.82, 2.24) is 5.32 Å². The number of amides is 3. The van der Waals surface area contributed by atoms with E-state index in [1.165, 1.54) is 18.7 Å². The molecule has 1 unspecified atom stereocenters. The number of esters is 1. The van der Waals surface area contributed by atoms with Crippen molar-refractivity contribution < 1.29 is 19.1 Å². The fraction of sp³-hybridized carbons (Fsp3) is 0.250. The van der Waals surface area contributed by atoms with Gasteiger partial charge in [-0.15, -0.1) is 11.8 Å². The van der Waals surface area contributed by atoms with Crippen molar-refractivity contribution in [1.29, 1.82) is 0 Å². The molecule has 0 radical (unpaired) electrons. The third-order valence-electron chi connectivity index (χ3n) is 2.23. The molecule has 0 fully saturated rings. The second-order valence-corrected chi connectivity index (χ2v) is 4.45. The van der Waals surface area contributed by atoms with Gasteiger partial charge in [0.05, 0.1) is 5.56 Å². The number of carbonyl (C=O) groups is 3. The quantitative estimate of drug-likeness (QED) is 0.637. The van der Waals surface area contributed by atoms with Crippen LogP contribution in [0.25, 0.3) is 0 Å². The molecule has 0 aliphatic carbocycles. The normalized spacial score (nSPS) is 11.5. The maximum Gasteiger partial charge on any atom is 0.340 e. The lowest BCUT2D eigenvalue weighted by Gasteiger charge is -2.13. The highest BCUT2D eigenvalue weighted by Gasteiger charge is 2.21. The zero-order valence-electron chi connectivity index (χ0n) is 10.5. The Bertz CT molecular complexity index is 504. The van der Waals surface area contributed by atoms with Crippen molar-refractivity contribution in [3.05, 3.63) is 29.8 Å². The number of imide groups is 1. The molecule has 0 aliphatic rings. The summed E-state index contributed by atoms with van der Waals surface area (Å²) in [5.41, 5.74) is 5.17. The molecule has 1 aromatic rings. The molecule has 1 aromatic carbocycles. The molecule has 19 heavy (non-hydrogen) atoms. The first-order valence-electron chi connectivity index (χ1n) is 5.40. The van der Waals surface area contributed by atoms with Crippen LogP contribution in [-0.4, -0.2) is 30.3 Å². The Morgan fingerprint density at radius 1 is 1.32 bits per heavy atom. The Morgan fingerprint density at radius 2 is 1.95 bits per heavy atom. The van der Waals surface area contributed by atoms with Crippen LogP contribution in [0.3, 0.4) is 0 Å². The molecule has 1 rings (SSSR count). The number of nitrogens with one attached hydrogen (secondary N) is 1. The average Bonchev–Trinajstić information content (AvgIpc) is 2.37. The van der Waals surface area contributed by atoms with Gasteiger partial charge in [0, 0.05) is 4.90 Å². The van der Waals surface area contributed by atoms with Crippen LogP contribution >= 0.6 is 11.8 Å². The van der Waals surface area contributed by atoms with Gasteiger partial charge in [0.15, 0.2) is 6.10 Å². The van der Waals surface area contributed by atoms with E-state index in [2.05, 4.69) is 0 Å². The summed E-state index contributed by atoms with van der Waals surface area (Å²) in [7, 11) is 0. The number of primary amides is 1. The monoisotopic (exact) mass is 282 g/mol. The van der Waals surface area contributed by atoms with Gasteiger partial charge in [-0.3, -0.25) is 10.1 Å². The highest BCUT2D eigenvalue weighted by atomic mass is 32.2. The number of carbonyl (C=O) groups excluding carboxylic acids is 3. The van der Waals surface area contributed by atoms with E-state index in [-0.39, 0.29) is 0 Å².